The zero-order valence-electron chi connectivity index (χ0n) is 18.7. The summed E-state index contributed by atoms with van der Waals surface area (Å²) in [5.74, 6) is 0.589. The maximum absolute atomic E-state index is 13.1. The first-order valence-electron chi connectivity index (χ1n) is 11.3. The lowest BCUT2D eigenvalue weighted by Crippen LogP contribution is -2.27. The Hall–Kier alpha value is -4.37. The van der Waals surface area contributed by atoms with Crippen molar-refractivity contribution in [3.8, 4) is 10.6 Å². The van der Waals surface area contributed by atoms with Crippen LogP contribution in [0, 0.1) is 0 Å². The third-order valence-electron chi connectivity index (χ3n) is 5.78. The molecular weight excluding hydrogens is 458 g/mol. The second-order valence-electron chi connectivity index (χ2n) is 8.08. The predicted molar refractivity (Wildman–Crippen MR) is 135 cm³/mol. The van der Waals surface area contributed by atoms with Gasteiger partial charge >= 0.3 is 0 Å². The van der Waals surface area contributed by atoms with Crippen molar-refractivity contribution in [2.75, 3.05) is 6.54 Å². The summed E-state index contributed by atoms with van der Waals surface area (Å²) in [5.41, 5.74) is 4.10. The molecule has 6 aromatic rings. The molecule has 172 valence electrons. The van der Waals surface area contributed by atoms with Crippen LogP contribution in [-0.4, -0.2) is 41.8 Å². The van der Waals surface area contributed by atoms with E-state index in [1.165, 1.54) is 0 Å². The molecule has 1 N–H and O–H groups in total. The Kier molecular flexibility index (Phi) is 5.51. The molecule has 0 unspecified atom stereocenters. The number of nitrogens with zero attached hydrogens (tertiary/aromatic N) is 6. The van der Waals surface area contributed by atoms with Crippen molar-refractivity contribution < 1.29 is 4.79 Å². The Balaban J connectivity index is 1.20. The van der Waals surface area contributed by atoms with Crippen molar-refractivity contribution in [2.24, 2.45) is 0 Å². The van der Waals surface area contributed by atoms with Crippen LogP contribution in [0.15, 0.2) is 84.4 Å². The largest absolute Gasteiger partial charge is 0.350 e. The monoisotopic (exact) mass is 479 g/mol. The Morgan fingerprint density at radius 2 is 1.77 bits per heavy atom. The SMILES string of the molecule is O=C(NCCc1nnc2ccccn12)c1nn(Cc2csc(-c3ccccc3)n2)c2ccccc12. The molecule has 0 bridgehead atoms. The first-order valence-corrected chi connectivity index (χ1v) is 12.2. The molecule has 0 saturated carbocycles. The van der Waals surface area contributed by atoms with Gasteiger partial charge in [0.2, 0.25) is 0 Å². The summed E-state index contributed by atoms with van der Waals surface area (Å²) in [5, 5.41) is 19.9. The van der Waals surface area contributed by atoms with Crippen LogP contribution >= 0.6 is 11.3 Å². The van der Waals surface area contributed by atoms with E-state index in [1.807, 2.05) is 81.3 Å². The van der Waals surface area contributed by atoms with E-state index in [-0.39, 0.29) is 5.91 Å². The minimum Gasteiger partial charge on any atom is -0.350 e. The molecule has 8 nitrogen and oxygen atoms in total. The molecule has 6 rings (SSSR count). The molecule has 0 aliphatic heterocycles. The van der Waals surface area contributed by atoms with Gasteiger partial charge in [-0.25, -0.2) is 4.98 Å². The highest BCUT2D eigenvalue weighted by atomic mass is 32.1. The fourth-order valence-electron chi connectivity index (χ4n) is 4.09. The summed E-state index contributed by atoms with van der Waals surface area (Å²) in [6.45, 7) is 0.922. The van der Waals surface area contributed by atoms with Crippen molar-refractivity contribution in [2.45, 2.75) is 13.0 Å². The number of hydrogen-bond acceptors (Lipinski definition) is 6. The average molecular weight is 480 g/mol. The number of hydrogen-bond donors (Lipinski definition) is 1. The number of rotatable bonds is 7. The molecule has 2 aromatic carbocycles. The number of amides is 1. The topological polar surface area (TPSA) is 90.0 Å². The number of aromatic nitrogens is 6. The van der Waals surface area contributed by atoms with Gasteiger partial charge in [-0.05, 0) is 18.2 Å². The fourth-order valence-corrected chi connectivity index (χ4v) is 4.91. The second-order valence-corrected chi connectivity index (χ2v) is 8.94. The molecule has 35 heavy (non-hydrogen) atoms. The van der Waals surface area contributed by atoms with Gasteiger partial charge in [-0.1, -0.05) is 54.6 Å². The Bertz CT molecular complexity index is 1630. The number of fused-ring (bicyclic) bond motifs is 2. The first-order chi connectivity index (χ1) is 17.3. The van der Waals surface area contributed by atoms with E-state index in [1.54, 1.807) is 11.3 Å². The number of carbonyl (C=O) groups is 1. The molecule has 0 saturated heterocycles. The molecule has 0 radical (unpaired) electrons. The normalized spacial score (nSPS) is 11.3. The van der Waals surface area contributed by atoms with Gasteiger partial charge in [0.05, 0.1) is 17.8 Å². The van der Waals surface area contributed by atoms with Gasteiger partial charge in [-0.3, -0.25) is 13.9 Å². The predicted octanol–water partition coefficient (Wildman–Crippen LogP) is 4.22. The van der Waals surface area contributed by atoms with Crippen LogP contribution in [0.5, 0.6) is 0 Å². The van der Waals surface area contributed by atoms with E-state index >= 15 is 0 Å². The maximum Gasteiger partial charge on any atom is 0.272 e. The van der Waals surface area contributed by atoms with Crippen LogP contribution < -0.4 is 5.32 Å². The molecule has 9 heteroatoms. The highest BCUT2D eigenvalue weighted by molar-refractivity contribution is 7.13. The molecule has 4 aromatic heterocycles. The molecule has 0 aliphatic rings. The molecule has 0 aliphatic carbocycles. The zero-order chi connectivity index (χ0) is 23.6. The Morgan fingerprint density at radius 1 is 0.943 bits per heavy atom. The molecule has 0 atom stereocenters. The summed E-state index contributed by atoms with van der Waals surface area (Å²) in [6, 6.07) is 23.7. The van der Waals surface area contributed by atoms with E-state index in [2.05, 4.69) is 32.7 Å². The molecule has 4 heterocycles. The van der Waals surface area contributed by atoms with Gasteiger partial charge in [-0.15, -0.1) is 21.5 Å². The number of benzene rings is 2. The quantitative estimate of drug-likeness (QED) is 0.370. The van der Waals surface area contributed by atoms with Crippen LogP contribution in [0.2, 0.25) is 0 Å². The molecule has 0 fully saturated rings. The van der Waals surface area contributed by atoms with E-state index in [4.69, 9.17) is 4.98 Å². The lowest BCUT2D eigenvalue weighted by atomic mass is 10.2. The summed E-state index contributed by atoms with van der Waals surface area (Å²) in [4.78, 5) is 17.8. The van der Waals surface area contributed by atoms with Crippen LogP contribution in [0.25, 0.3) is 27.1 Å². The van der Waals surface area contributed by atoms with Gasteiger partial charge in [0.1, 0.15) is 10.8 Å². The standard InChI is InChI=1S/C26H21N7OS/c34-25(27-14-13-23-30-29-22-12-6-7-15-32(22)23)24-20-10-4-5-11-21(20)33(31-24)16-19-17-35-26(28-19)18-8-2-1-3-9-18/h1-12,15,17H,13-14,16H2,(H,27,34). The highest BCUT2D eigenvalue weighted by Gasteiger charge is 2.18. The van der Waals surface area contributed by atoms with Gasteiger partial charge in [0.25, 0.3) is 5.91 Å². The van der Waals surface area contributed by atoms with Crippen LogP contribution in [0.1, 0.15) is 22.0 Å². The summed E-state index contributed by atoms with van der Waals surface area (Å²) in [7, 11) is 0. The summed E-state index contributed by atoms with van der Waals surface area (Å²) < 4.78 is 3.77. The van der Waals surface area contributed by atoms with E-state index in [0.717, 1.165) is 38.6 Å². The van der Waals surface area contributed by atoms with Gasteiger partial charge < -0.3 is 5.32 Å². The second kappa shape index (κ2) is 9.11. The van der Waals surface area contributed by atoms with Crippen molar-refractivity contribution in [3.63, 3.8) is 0 Å². The Labute approximate surface area is 204 Å². The van der Waals surface area contributed by atoms with E-state index in [9.17, 15) is 4.79 Å². The number of nitrogens with one attached hydrogen (secondary N) is 1. The summed E-state index contributed by atoms with van der Waals surface area (Å²) in [6.07, 6.45) is 2.49. The molecule has 0 spiro atoms. The molecular formula is C26H21N7OS. The minimum atomic E-state index is -0.211. The van der Waals surface area contributed by atoms with Crippen LogP contribution in [0.3, 0.4) is 0 Å². The van der Waals surface area contributed by atoms with E-state index in [0.29, 0.717) is 25.2 Å². The number of pyridine rings is 1. The number of para-hydroxylation sites is 1. The van der Waals surface area contributed by atoms with E-state index < -0.39 is 0 Å². The minimum absolute atomic E-state index is 0.211. The average Bonchev–Trinajstić information content (AvgIpc) is 3.63. The lowest BCUT2D eigenvalue weighted by Gasteiger charge is -2.03. The summed E-state index contributed by atoms with van der Waals surface area (Å²) >= 11 is 1.61. The van der Waals surface area contributed by atoms with Crippen molar-refractivity contribution in [1.82, 2.24) is 34.7 Å². The van der Waals surface area contributed by atoms with Gasteiger partial charge in [0.15, 0.2) is 11.3 Å². The van der Waals surface area contributed by atoms with Crippen molar-refractivity contribution in [3.05, 3.63) is 102 Å². The number of carbonyl (C=O) groups excluding carboxylic acids is 1. The van der Waals surface area contributed by atoms with Gasteiger partial charge in [0, 0.05) is 35.5 Å². The fraction of sp³-hybridized carbons (Fsp3) is 0.115. The van der Waals surface area contributed by atoms with Gasteiger partial charge in [-0.2, -0.15) is 5.10 Å². The lowest BCUT2D eigenvalue weighted by molar-refractivity contribution is 0.0949. The van der Waals surface area contributed by atoms with Crippen LogP contribution in [0.4, 0.5) is 0 Å². The first kappa shape index (κ1) is 21.2. The van der Waals surface area contributed by atoms with Crippen molar-refractivity contribution in [1.29, 1.82) is 0 Å². The number of thiazole rings is 1. The molecule has 1 amide bonds. The zero-order valence-corrected chi connectivity index (χ0v) is 19.5. The Morgan fingerprint density at radius 3 is 2.69 bits per heavy atom. The third kappa shape index (κ3) is 4.17. The smallest absolute Gasteiger partial charge is 0.272 e. The third-order valence-corrected chi connectivity index (χ3v) is 6.72. The highest BCUT2D eigenvalue weighted by Crippen LogP contribution is 2.25. The van der Waals surface area contributed by atoms with Crippen LogP contribution in [-0.2, 0) is 13.0 Å². The van der Waals surface area contributed by atoms with Crippen molar-refractivity contribution >= 4 is 33.8 Å². The maximum atomic E-state index is 13.1.